The van der Waals surface area contributed by atoms with Crippen LogP contribution < -0.4 is 0 Å². The molecule has 0 atom stereocenters. The summed E-state index contributed by atoms with van der Waals surface area (Å²) < 4.78 is 15.7. The number of nitrogens with zero attached hydrogens (tertiary/aromatic N) is 1. The minimum absolute atomic E-state index is 0.420. The number of hydrogen-bond acceptors (Lipinski definition) is 4. The maximum atomic E-state index is 5.33. The zero-order valence-corrected chi connectivity index (χ0v) is 8.24. The molecule has 0 aliphatic carbocycles. The van der Waals surface area contributed by atoms with Crippen molar-refractivity contribution in [3.05, 3.63) is 17.5 Å². The van der Waals surface area contributed by atoms with Crippen LogP contribution in [-0.2, 0) is 9.47 Å². The Morgan fingerprint density at radius 1 is 1.38 bits per heavy atom. The summed E-state index contributed by atoms with van der Waals surface area (Å²) in [5.74, 6) is 0.626. The van der Waals surface area contributed by atoms with Gasteiger partial charge in [-0.05, 0) is 20.8 Å². The van der Waals surface area contributed by atoms with E-state index < -0.39 is 6.29 Å². The van der Waals surface area contributed by atoms with Gasteiger partial charge in [0.15, 0.2) is 5.76 Å². The van der Waals surface area contributed by atoms with E-state index in [1.165, 1.54) is 0 Å². The van der Waals surface area contributed by atoms with Crippen LogP contribution in [0, 0.1) is 6.92 Å². The highest BCUT2D eigenvalue weighted by Gasteiger charge is 2.15. The molecule has 13 heavy (non-hydrogen) atoms. The molecule has 1 heterocycles. The Balaban J connectivity index is 2.63. The molecule has 0 fully saturated rings. The largest absolute Gasteiger partial charge is 0.356 e. The van der Waals surface area contributed by atoms with Crippen molar-refractivity contribution in [3.63, 3.8) is 0 Å². The minimum Gasteiger partial charge on any atom is -0.356 e. The van der Waals surface area contributed by atoms with Crippen molar-refractivity contribution in [2.24, 2.45) is 0 Å². The lowest BCUT2D eigenvalue weighted by Crippen LogP contribution is -2.07. The van der Waals surface area contributed by atoms with Gasteiger partial charge in [-0.25, -0.2) is 0 Å². The van der Waals surface area contributed by atoms with Gasteiger partial charge in [-0.2, -0.15) is 0 Å². The predicted molar refractivity (Wildman–Crippen MR) is 47.2 cm³/mol. The molecule has 0 bridgehead atoms. The molecule has 4 nitrogen and oxygen atoms in total. The molecule has 74 valence electrons. The standard InChI is InChI=1S/C9H15NO3/c1-4-11-9(12-5-2)8-6-7(3)10-13-8/h6,9H,4-5H2,1-3H3. The Morgan fingerprint density at radius 3 is 2.38 bits per heavy atom. The van der Waals surface area contributed by atoms with E-state index in [9.17, 15) is 0 Å². The van der Waals surface area contributed by atoms with Gasteiger partial charge in [-0.1, -0.05) is 5.16 Å². The van der Waals surface area contributed by atoms with Crippen molar-refractivity contribution < 1.29 is 14.0 Å². The third-order valence-electron chi connectivity index (χ3n) is 1.51. The molecule has 1 aromatic rings. The lowest BCUT2D eigenvalue weighted by atomic mass is 10.4. The molecule has 1 aromatic heterocycles. The van der Waals surface area contributed by atoms with E-state index in [4.69, 9.17) is 14.0 Å². The van der Waals surface area contributed by atoms with Gasteiger partial charge in [0.1, 0.15) is 0 Å². The second-order valence-corrected chi connectivity index (χ2v) is 2.61. The normalized spacial score (nSPS) is 11.1. The molecule has 4 heteroatoms. The average molecular weight is 185 g/mol. The van der Waals surface area contributed by atoms with Crippen molar-refractivity contribution in [1.29, 1.82) is 0 Å². The smallest absolute Gasteiger partial charge is 0.220 e. The summed E-state index contributed by atoms with van der Waals surface area (Å²) >= 11 is 0. The highest BCUT2D eigenvalue weighted by molar-refractivity contribution is 5.04. The maximum absolute atomic E-state index is 5.33. The van der Waals surface area contributed by atoms with Crippen LogP contribution in [0.4, 0.5) is 0 Å². The average Bonchev–Trinajstić information content (AvgIpc) is 2.51. The van der Waals surface area contributed by atoms with Gasteiger partial charge in [-0.3, -0.25) is 0 Å². The molecule has 0 aromatic carbocycles. The lowest BCUT2D eigenvalue weighted by molar-refractivity contribution is -0.152. The van der Waals surface area contributed by atoms with Gasteiger partial charge in [0.25, 0.3) is 0 Å². The Labute approximate surface area is 77.8 Å². The second-order valence-electron chi connectivity index (χ2n) is 2.61. The van der Waals surface area contributed by atoms with Crippen LogP contribution >= 0.6 is 0 Å². The fourth-order valence-corrected chi connectivity index (χ4v) is 1.01. The van der Waals surface area contributed by atoms with Crippen LogP contribution in [-0.4, -0.2) is 18.4 Å². The van der Waals surface area contributed by atoms with Crippen LogP contribution in [0.5, 0.6) is 0 Å². The topological polar surface area (TPSA) is 44.5 Å². The molecule has 0 spiro atoms. The van der Waals surface area contributed by atoms with Gasteiger partial charge in [0, 0.05) is 19.3 Å². The van der Waals surface area contributed by atoms with E-state index >= 15 is 0 Å². The van der Waals surface area contributed by atoms with Gasteiger partial charge < -0.3 is 14.0 Å². The molecule has 0 amide bonds. The first-order valence-corrected chi connectivity index (χ1v) is 4.44. The minimum atomic E-state index is -0.420. The number of ether oxygens (including phenoxy) is 2. The molecule has 0 saturated carbocycles. The van der Waals surface area contributed by atoms with Crippen LogP contribution in [0.2, 0.25) is 0 Å². The zero-order chi connectivity index (χ0) is 9.68. The van der Waals surface area contributed by atoms with Crippen LogP contribution in [0.1, 0.15) is 31.6 Å². The number of aromatic nitrogens is 1. The van der Waals surface area contributed by atoms with Crippen molar-refractivity contribution in [2.75, 3.05) is 13.2 Å². The van der Waals surface area contributed by atoms with Crippen molar-refractivity contribution >= 4 is 0 Å². The van der Waals surface area contributed by atoms with E-state index in [0.717, 1.165) is 5.69 Å². The van der Waals surface area contributed by atoms with Crippen LogP contribution in [0.3, 0.4) is 0 Å². The lowest BCUT2D eigenvalue weighted by Gasteiger charge is -2.12. The maximum Gasteiger partial charge on any atom is 0.220 e. The molecular weight excluding hydrogens is 170 g/mol. The zero-order valence-electron chi connectivity index (χ0n) is 8.24. The fraction of sp³-hybridized carbons (Fsp3) is 0.667. The molecule has 0 radical (unpaired) electrons. The van der Waals surface area contributed by atoms with Gasteiger partial charge in [-0.15, -0.1) is 0 Å². The van der Waals surface area contributed by atoms with E-state index in [1.54, 1.807) is 0 Å². The first kappa shape index (κ1) is 10.2. The van der Waals surface area contributed by atoms with Crippen molar-refractivity contribution in [3.8, 4) is 0 Å². The number of rotatable bonds is 5. The van der Waals surface area contributed by atoms with Gasteiger partial charge in [0.05, 0.1) is 5.69 Å². The Morgan fingerprint density at radius 2 is 2.00 bits per heavy atom. The molecular formula is C9H15NO3. The molecule has 0 aliphatic heterocycles. The predicted octanol–water partition coefficient (Wildman–Crippen LogP) is 2.05. The fourth-order valence-electron chi connectivity index (χ4n) is 1.01. The summed E-state index contributed by atoms with van der Waals surface area (Å²) in [6.45, 7) is 6.86. The Bertz CT molecular complexity index is 241. The quantitative estimate of drug-likeness (QED) is 0.658. The van der Waals surface area contributed by atoms with Gasteiger partial charge >= 0.3 is 0 Å². The second kappa shape index (κ2) is 4.99. The van der Waals surface area contributed by atoms with E-state index in [2.05, 4.69) is 5.16 Å². The summed E-state index contributed by atoms with van der Waals surface area (Å²) in [5.41, 5.74) is 0.833. The Hall–Kier alpha value is -0.870. The SMILES string of the molecule is CCOC(OCC)c1cc(C)no1. The highest BCUT2D eigenvalue weighted by Crippen LogP contribution is 2.19. The first-order chi connectivity index (χ1) is 6.27. The first-order valence-electron chi connectivity index (χ1n) is 4.44. The van der Waals surface area contributed by atoms with Crippen LogP contribution in [0.25, 0.3) is 0 Å². The van der Waals surface area contributed by atoms with E-state index in [-0.39, 0.29) is 0 Å². The van der Waals surface area contributed by atoms with E-state index in [1.807, 2.05) is 26.8 Å². The third kappa shape index (κ3) is 2.82. The summed E-state index contributed by atoms with van der Waals surface area (Å²) in [6.07, 6.45) is -0.420. The molecule has 0 saturated heterocycles. The van der Waals surface area contributed by atoms with Crippen molar-refractivity contribution in [1.82, 2.24) is 5.16 Å². The monoisotopic (exact) mass is 185 g/mol. The van der Waals surface area contributed by atoms with Crippen LogP contribution in [0.15, 0.2) is 10.6 Å². The number of hydrogen-bond donors (Lipinski definition) is 0. The van der Waals surface area contributed by atoms with Gasteiger partial charge in [0.2, 0.25) is 6.29 Å². The number of aryl methyl sites for hydroxylation is 1. The van der Waals surface area contributed by atoms with Crippen molar-refractivity contribution in [2.45, 2.75) is 27.1 Å². The summed E-state index contributed by atoms with van der Waals surface area (Å²) in [7, 11) is 0. The summed E-state index contributed by atoms with van der Waals surface area (Å²) in [4.78, 5) is 0. The Kier molecular flexibility index (Phi) is 3.92. The molecule has 0 unspecified atom stereocenters. The third-order valence-corrected chi connectivity index (χ3v) is 1.51. The highest BCUT2D eigenvalue weighted by atomic mass is 16.7. The molecule has 0 aliphatic rings. The molecule has 0 N–H and O–H groups in total. The summed E-state index contributed by atoms with van der Waals surface area (Å²) in [5, 5.41) is 3.77. The summed E-state index contributed by atoms with van der Waals surface area (Å²) in [6, 6.07) is 1.82. The molecule has 1 rings (SSSR count). The van der Waals surface area contributed by atoms with E-state index in [0.29, 0.717) is 19.0 Å².